The third kappa shape index (κ3) is 5.97. The van der Waals surface area contributed by atoms with Crippen LogP contribution in [-0.4, -0.2) is 45.2 Å². The number of benzene rings is 2. The average Bonchev–Trinajstić information content (AvgIpc) is 2.82. The maximum absolute atomic E-state index is 13.3. The third-order valence-corrected chi connectivity index (χ3v) is 4.83. The smallest absolute Gasteiger partial charge is 0.355 e. The van der Waals surface area contributed by atoms with Crippen molar-refractivity contribution >= 4 is 17.6 Å². The highest BCUT2D eigenvalue weighted by Crippen LogP contribution is 2.14. The zero-order valence-corrected chi connectivity index (χ0v) is 18.4. The molecule has 0 fully saturated rings. The Morgan fingerprint density at radius 2 is 1.65 bits per heavy atom. The molecule has 0 unspecified atom stereocenters. The van der Waals surface area contributed by atoms with Gasteiger partial charge in [0.05, 0.1) is 31.7 Å². The van der Waals surface area contributed by atoms with E-state index < -0.39 is 16.3 Å². The fourth-order valence-electron chi connectivity index (χ4n) is 3.11. The standard InChI is InChI=1S/C21H24N8O5/c1-34-17-8-4-15(5-9-17)12-27-19(25-11-10-24-18(22)23)26-20(30)28(21(27)31)13-14-2-6-16(7-3-14)29(32)33/h2-9H,10-13H2,1H3,(H4,22,23,24)(H,25,26,30). The number of anilines is 1. The molecule has 0 atom stereocenters. The van der Waals surface area contributed by atoms with Crippen molar-refractivity contribution in [3.8, 4) is 5.75 Å². The maximum atomic E-state index is 13.3. The first-order valence-corrected chi connectivity index (χ1v) is 10.2. The van der Waals surface area contributed by atoms with Gasteiger partial charge >= 0.3 is 11.4 Å². The molecule has 0 aliphatic heterocycles. The highest BCUT2D eigenvalue weighted by molar-refractivity contribution is 5.75. The van der Waals surface area contributed by atoms with E-state index in [1.807, 2.05) is 0 Å². The first-order chi connectivity index (χ1) is 16.3. The van der Waals surface area contributed by atoms with Crippen molar-refractivity contribution in [2.45, 2.75) is 13.1 Å². The largest absolute Gasteiger partial charge is 0.497 e. The van der Waals surface area contributed by atoms with Crippen molar-refractivity contribution in [3.63, 3.8) is 0 Å². The Bertz CT molecular complexity index is 1290. The van der Waals surface area contributed by atoms with E-state index in [9.17, 15) is 19.7 Å². The van der Waals surface area contributed by atoms with Gasteiger partial charge in [-0.1, -0.05) is 24.3 Å². The van der Waals surface area contributed by atoms with Crippen LogP contribution in [0.25, 0.3) is 0 Å². The molecule has 0 spiro atoms. The molecule has 5 N–H and O–H groups in total. The predicted molar refractivity (Wildman–Crippen MR) is 126 cm³/mol. The number of aliphatic imine (C=N–C) groups is 1. The lowest BCUT2D eigenvalue weighted by molar-refractivity contribution is -0.384. The zero-order valence-electron chi connectivity index (χ0n) is 18.4. The van der Waals surface area contributed by atoms with E-state index >= 15 is 0 Å². The Morgan fingerprint density at radius 1 is 1.06 bits per heavy atom. The van der Waals surface area contributed by atoms with Crippen LogP contribution in [0, 0.1) is 10.1 Å². The van der Waals surface area contributed by atoms with Crippen LogP contribution in [0.4, 0.5) is 11.6 Å². The number of nitrogens with two attached hydrogens (primary N) is 2. The number of hydrogen-bond acceptors (Lipinski definition) is 8. The molecule has 3 rings (SSSR count). The van der Waals surface area contributed by atoms with Crippen LogP contribution < -0.4 is 32.9 Å². The van der Waals surface area contributed by atoms with Gasteiger partial charge in [-0.05, 0) is 23.3 Å². The molecular formula is C21H24N8O5. The summed E-state index contributed by atoms with van der Waals surface area (Å²) in [6.45, 7) is 0.478. The van der Waals surface area contributed by atoms with Gasteiger partial charge in [-0.25, -0.2) is 14.2 Å². The van der Waals surface area contributed by atoms with Gasteiger partial charge in [0.1, 0.15) is 5.75 Å². The summed E-state index contributed by atoms with van der Waals surface area (Å²) in [5.74, 6) is 0.647. The van der Waals surface area contributed by atoms with Crippen LogP contribution in [-0.2, 0) is 13.1 Å². The van der Waals surface area contributed by atoms with E-state index in [4.69, 9.17) is 16.2 Å². The molecule has 1 aromatic heterocycles. The highest BCUT2D eigenvalue weighted by Gasteiger charge is 2.15. The van der Waals surface area contributed by atoms with Crippen molar-refractivity contribution in [1.29, 1.82) is 0 Å². The summed E-state index contributed by atoms with van der Waals surface area (Å²) in [7, 11) is 1.55. The Balaban J connectivity index is 1.97. The van der Waals surface area contributed by atoms with Gasteiger partial charge in [0.2, 0.25) is 5.95 Å². The van der Waals surface area contributed by atoms with E-state index in [1.54, 1.807) is 31.4 Å². The quantitative estimate of drug-likeness (QED) is 0.122. The van der Waals surface area contributed by atoms with Gasteiger partial charge in [-0.2, -0.15) is 4.98 Å². The Kier molecular flexibility index (Phi) is 7.59. The van der Waals surface area contributed by atoms with E-state index in [-0.39, 0.29) is 43.8 Å². The molecule has 0 saturated carbocycles. The fourth-order valence-corrected chi connectivity index (χ4v) is 3.11. The van der Waals surface area contributed by atoms with Crippen molar-refractivity contribution in [2.24, 2.45) is 16.5 Å². The van der Waals surface area contributed by atoms with Crippen molar-refractivity contribution in [2.75, 3.05) is 25.5 Å². The summed E-state index contributed by atoms with van der Waals surface area (Å²) in [6, 6.07) is 12.7. The lowest BCUT2D eigenvalue weighted by atomic mass is 10.2. The number of methoxy groups -OCH3 is 1. The number of aromatic nitrogens is 3. The number of nitro groups is 1. The first-order valence-electron chi connectivity index (χ1n) is 10.2. The third-order valence-electron chi connectivity index (χ3n) is 4.83. The molecule has 34 heavy (non-hydrogen) atoms. The molecule has 0 saturated heterocycles. The highest BCUT2D eigenvalue weighted by atomic mass is 16.6. The minimum atomic E-state index is -0.765. The Morgan fingerprint density at radius 3 is 2.21 bits per heavy atom. The molecule has 0 aliphatic rings. The molecule has 178 valence electrons. The second kappa shape index (κ2) is 10.8. The Labute approximate surface area is 193 Å². The van der Waals surface area contributed by atoms with Crippen molar-refractivity contribution in [1.82, 2.24) is 14.1 Å². The second-order valence-corrected chi connectivity index (χ2v) is 7.18. The van der Waals surface area contributed by atoms with Gasteiger partial charge in [0.15, 0.2) is 5.96 Å². The lowest BCUT2D eigenvalue weighted by Gasteiger charge is -2.15. The number of rotatable bonds is 10. The summed E-state index contributed by atoms with van der Waals surface area (Å²) in [5, 5.41) is 13.8. The number of nitrogens with one attached hydrogen (secondary N) is 1. The maximum Gasteiger partial charge on any atom is 0.355 e. The molecule has 0 bridgehead atoms. The van der Waals surface area contributed by atoms with E-state index in [0.29, 0.717) is 11.3 Å². The first kappa shape index (κ1) is 24.0. The number of ether oxygens (including phenoxy) is 1. The fraction of sp³-hybridized carbons (Fsp3) is 0.238. The van der Waals surface area contributed by atoms with Gasteiger partial charge in [0, 0.05) is 18.7 Å². The summed E-state index contributed by atoms with van der Waals surface area (Å²) in [4.78, 5) is 44.2. The molecule has 1 heterocycles. The second-order valence-electron chi connectivity index (χ2n) is 7.18. The minimum Gasteiger partial charge on any atom is -0.497 e. The SMILES string of the molecule is COc1ccc(Cn2c(NCCN=C(N)N)nc(=O)n(Cc3ccc([N+](=O)[O-])cc3)c2=O)cc1. The Hall–Kier alpha value is -4.68. The van der Waals surface area contributed by atoms with Crippen LogP contribution in [0.3, 0.4) is 0 Å². The van der Waals surface area contributed by atoms with Crippen LogP contribution in [0.2, 0.25) is 0 Å². The number of non-ortho nitro benzene ring substituents is 1. The van der Waals surface area contributed by atoms with E-state index in [0.717, 1.165) is 10.1 Å². The predicted octanol–water partition coefficient (Wildman–Crippen LogP) is 0.104. The monoisotopic (exact) mass is 468 g/mol. The van der Waals surface area contributed by atoms with Crippen LogP contribution in [0.5, 0.6) is 5.75 Å². The summed E-state index contributed by atoms with van der Waals surface area (Å²) in [5.41, 5.74) is 10.5. The average molecular weight is 468 g/mol. The van der Waals surface area contributed by atoms with Crippen LogP contribution in [0.15, 0.2) is 63.1 Å². The van der Waals surface area contributed by atoms with Crippen molar-refractivity contribution in [3.05, 3.63) is 90.7 Å². The molecule has 0 radical (unpaired) electrons. The zero-order chi connectivity index (χ0) is 24.7. The molecule has 13 heteroatoms. The lowest BCUT2D eigenvalue weighted by Crippen LogP contribution is -2.43. The van der Waals surface area contributed by atoms with Gasteiger partial charge < -0.3 is 21.5 Å². The molecule has 0 aliphatic carbocycles. The number of nitrogens with zero attached hydrogens (tertiary/aromatic N) is 5. The number of nitro benzene ring substituents is 1. The number of guanidine groups is 1. The minimum absolute atomic E-state index is 0.0663. The normalized spacial score (nSPS) is 10.5. The molecular weight excluding hydrogens is 444 g/mol. The number of hydrogen-bond donors (Lipinski definition) is 3. The van der Waals surface area contributed by atoms with Gasteiger partial charge in [0.25, 0.3) is 5.69 Å². The summed E-state index contributed by atoms with van der Waals surface area (Å²) >= 11 is 0. The molecule has 3 aromatic rings. The molecule has 2 aromatic carbocycles. The summed E-state index contributed by atoms with van der Waals surface area (Å²) in [6.07, 6.45) is 0. The van der Waals surface area contributed by atoms with E-state index in [1.165, 1.54) is 28.8 Å². The van der Waals surface area contributed by atoms with Crippen LogP contribution >= 0.6 is 0 Å². The van der Waals surface area contributed by atoms with Crippen LogP contribution in [0.1, 0.15) is 11.1 Å². The molecule has 0 amide bonds. The van der Waals surface area contributed by atoms with Gasteiger partial charge in [-0.15, -0.1) is 0 Å². The topological polar surface area (TPSA) is 186 Å². The van der Waals surface area contributed by atoms with Crippen molar-refractivity contribution < 1.29 is 9.66 Å². The molecule has 13 nitrogen and oxygen atoms in total. The van der Waals surface area contributed by atoms with Gasteiger partial charge in [-0.3, -0.25) is 19.7 Å². The summed E-state index contributed by atoms with van der Waals surface area (Å²) < 4.78 is 7.45. The van der Waals surface area contributed by atoms with E-state index in [2.05, 4.69) is 15.3 Å².